The van der Waals surface area contributed by atoms with Gasteiger partial charge in [0.15, 0.2) is 5.78 Å². The van der Waals surface area contributed by atoms with Gasteiger partial charge < -0.3 is 18.9 Å². The molecule has 1 aliphatic carbocycles. The Balaban J connectivity index is 1.28. The third-order valence-electron chi connectivity index (χ3n) is 9.68. The van der Waals surface area contributed by atoms with Crippen LogP contribution in [0.5, 0.6) is 0 Å². The van der Waals surface area contributed by atoms with E-state index in [0.717, 1.165) is 85.5 Å². The lowest BCUT2D eigenvalue weighted by molar-refractivity contribution is 0.0115. The minimum absolute atomic E-state index is 0.150. The predicted molar refractivity (Wildman–Crippen MR) is 155 cm³/mol. The van der Waals surface area contributed by atoms with E-state index < -0.39 is 0 Å². The summed E-state index contributed by atoms with van der Waals surface area (Å²) in [7, 11) is 3.92. The summed E-state index contributed by atoms with van der Waals surface area (Å²) in [4.78, 5) is 23.5. The smallest absolute Gasteiger partial charge is 0.195 e. The summed E-state index contributed by atoms with van der Waals surface area (Å²) in [6.07, 6.45) is 5.99. The van der Waals surface area contributed by atoms with E-state index in [0.29, 0.717) is 19.3 Å². The molecule has 3 aromatic rings. The molecule has 2 aromatic carbocycles. The van der Waals surface area contributed by atoms with Crippen molar-refractivity contribution in [2.24, 2.45) is 12.0 Å². The number of hydrogen-bond donors (Lipinski definition) is 0. The van der Waals surface area contributed by atoms with Crippen LogP contribution in [0, 0.1) is 0 Å². The molecule has 7 heteroatoms. The number of piperidine rings is 1. The van der Waals surface area contributed by atoms with Crippen LogP contribution in [-0.4, -0.2) is 87.2 Å². The topological polar surface area (TPSA) is 59.3 Å². The third kappa shape index (κ3) is 3.97. The van der Waals surface area contributed by atoms with E-state index in [-0.39, 0.29) is 11.2 Å². The van der Waals surface area contributed by atoms with Crippen LogP contribution in [0.25, 0.3) is 10.9 Å². The summed E-state index contributed by atoms with van der Waals surface area (Å²) in [5.41, 5.74) is 7.25. The van der Waals surface area contributed by atoms with Gasteiger partial charge in [-0.25, -0.2) is 0 Å². The number of hydrogen-bond acceptors (Lipinski definition) is 6. The van der Waals surface area contributed by atoms with Crippen LogP contribution < -0.4 is 4.90 Å². The summed E-state index contributed by atoms with van der Waals surface area (Å²) in [5, 5.41) is 1.04. The van der Waals surface area contributed by atoms with Crippen molar-refractivity contribution < 1.29 is 14.3 Å². The van der Waals surface area contributed by atoms with Crippen LogP contribution in [0.1, 0.15) is 58.4 Å². The van der Waals surface area contributed by atoms with Gasteiger partial charge in [-0.2, -0.15) is 0 Å². The molecule has 0 saturated carbocycles. The highest BCUT2D eigenvalue weighted by Crippen LogP contribution is 2.51. The maximum absolute atomic E-state index is 14.2. The molecule has 0 N–H and O–H groups in total. The van der Waals surface area contributed by atoms with Crippen molar-refractivity contribution in [1.82, 2.24) is 9.47 Å². The quantitative estimate of drug-likeness (QED) is 0.480. The Kier molecular flexibility index (Phi) is 6.33. The standard InChI is InChI=1S/C32H38N4O3/c1-33-21-22-3-5-26-28(19-22)34(2)31-29(26)30(37)25-6-4-24(20-27(25)32(31)9-15-38-16-10-32)35-11-7-23(8-12-35)36-13-17-39-18-14-36/h3-6,19-21,23H,7-18H2,1-2H3/b33-21-. The first-order valence-electron chi connectivity index (χ1n) is 14.5. The summed E-state index contributed by atoms with van der Waals surface area (Å²) in [6.45, 7) is 7.32. The van der Waals surface area contributed by atoms with Gasteiger partial charge in [-0.3, -0.25) is 14.7 Å². The number of aliphatic imine (C=N–C) groups is 1. The number of carbonyl (C=O) groups is 1. The lowest BCUT2D eigenvalue weighted by Crippen LogP contribution is -2.49. The number of aryl methyl sites for hydroxylation is 1. The molecule has 3 saturated heterocycles. The van der Waals surface area contributed by atoms with Gasteiger partial charge in [0.05, 0.1) is 18.8 Å². The number of nitrogens with zero attached hydrogens (tertiary/aromatic N) is 4. The van der Waals surface area contributed by atoms with Crippen LogP contribution in [0.3, 0.4) is 0 Å². The Morgan fingerprint density at radius 3 is 2.44 bits per heavy atom. The highest BCUT2D eigenvalue weighted by atomic mass is 16.5. The van der Waals surface area contributed by atoms with Crippen molar-refractivity contribution in [2.45, 2.75) is 37.1 Å². The molecule has 1 aromatic heterocycles. The molecule has 0 amide bonds. The molecule has 3 fully saturated rings. The molecule has 1 spiro atoms. The number of morpholine rings is 1. The molecule has 0 unspecified atom stereocenters. The van der Waals surface area contributed by atoms with E-state index in [1.807, 2.05) is 6.21 Å². The molecule has 0 radical (unpaired) electrons. The van der Waals surface area contributed by atoms with Gasteiger partial charge in [0.2, 0.25) is 0 Å². The van der Waals surface area contributed by atoms with Gasteiger partial charge in [-0.15, -0.1) is 0 Å². The molecule has 4 heterocycles. The average molecular weight is 527 g/mol. The number of rotatable bonds is 3. The number of aromatic nitrogens is 1. The highest BCUT2D eigenvalue weighted by molar-refractivity contribution is 6.20. The fraction of sp³-hybridized carbons (Fsp3) is 0.500. The molecule has 7 nitrogen and oxygen atoms in total. The number of ether oxygens (including phenoxy) is 2. The number of ketones is 1. The maximum Gasteiger partial charge on any atom is 0.195 e. The highest BCUT2D eigenvalue weighted by Gasteiger charge is 2.48. The molecular weight excluding hydrogens is 488 g/mol. The molecule has 4 aliphatic rings. The van der Waals surface area contributed by atoms with E-state index in [1.165, 1.54) is 24.1 Å². The maximum atomic E-state index is 14.2. The zero-order chi connectivity index (χ0) is 26.6. The molecule has 0 bridgehead atoms. The van der Waals surface area contributed by atoms with Crippen LogP contribution in [0.2, 0.25) is 0 Å². The summed E-state index contributed by atoms with van der Waals surface area (Å²) in [6, 6.07) is 13.6. The molecule has 3 aliphatic heterocycles. The zero-order valence-corrected chi connectivity index (χ0v) is 23.1. The molecular formula is C32H38N4O3. The second-order valence-corrected chi connectivity index (χ2v) is 11.6. The second kappa shape index (κ2) is 9.88. The minimum atomic E-state index is -0.230. The van der Waals surface area contributed by atoms with Crippen molar-refractivity contribution in [3.05, 3.63) is 64.3 Å². The Morgan fingerprint density at radius 1 is 0.949 bits per heavy atom. The normalized spacial score (nSPS) is 22.1. The van der Waals surface area contributed by atoms with Crippen molar-refractivity contribution in [3.63, 3.8) is 0 Å². The number of benzene rings is 2. The number of anilines is 1. The summed E-state index contributed by atoms with van der Waals surface area (Å²) >= 11 is 0. The van der Waals surface area contributed by atoms with Crippen LogP contribution in [0.4, 0.5) is 5.69 Å². The first-order chi connectivity index (χ1) is 19.1. The van der Waals surface area contributed by atoms with Gasteiger partial charge in [0, 0.05) is 99.0 Å². The molecule has 39 heavy (non-hydrogen) atoms. The summed E-state index contributed by atoms with van der Waals surface area (Å²) < 4.78 is 13.8. The largest absolute Gasteiger partial charge is 0.381 e. The van der Waals surface area contributed by atoms with E-state index in [4.69, 9.17) is 9.47 Å². The Morgan fingerprint density at radius 2 is 1.69 bits per heavy atom. The van der Waals surface area contributed by atoms with Crippen LogP contribution in [0.15, 0.2) is 41.4 Å². The van der Waals surface area contributed by atoms with Gasteiger partial charge in [-0.05, 0) is 61.1 Å². The van der Waals surface area contributed by atoms with Crippen molar-refractivity contribution in [2.75, 3.05) is 64.6 Å². The first-order valence-corrected chi connectivity index (χ1v) is 14.5. The van der Waals surface area contributed by atoms with Crippen LogP contribution in [-0.2, 0) is 21.9 Å². The predicted octanol–water partition coefficient (Wildman–Crippen LogP) is 4.17. The lowest BCUT2D eigenvalue weighted by atomic mass is 9.64. The fourth-order valence-corrected chi connectivity index (χ4v) is 7.72. The van der Waals surface area contributed by atoms with E-state index in [1.54, 1.807) is 7.05 Å². The Bertz CT molecular complexity index is 1440. The minimum Gasteiger partial charge on any atom is -0.381 e. The van der Waals surface area contributed by atoms with E-state index >= 15 is 0 Å². The van der Waals surface area contributed by atoms with Crippen LogP contribution >= 0.6 is 0 Å². The molecule has 204 valence electrons. The Labute approximate surface area is 230 Å². The monoisotopic (exact) mass is 526 g/mol. The first kappa shape index (κ1) is 25.0. The number of fused-ring (bicyclic) bond motifs is 6. The van der Waals surface area contributed by atoms with E-state index in [9.17, 15) is 4.79 Å². The van der Waals surface area contributed by atoms with E-state index in [2.05, 4.69) is 62.8 Å². The lowest BCUT2D eigenvalue weighted by Gasteiger charge is -2.44. The summed E-state index contributed by atoms with van der Waals surface area (Å²) in [5.74, 6) is 0.150. The Hall–Kier alpha value is -3.00. The zero-order valence-electron chi connectivity index (χ0n) is 23.1. The fourth-order valence-electron chi connectivity index (χ4n) is 7.72. The van der Waals surface area contributed by atoms with Gasteiger partial charge in [0.25, 0.3) is 0 Å². The average Bonchev–Trinajstić information content (AvgIpc) is 3.29. The second-order valence-electron chi connectivity index (χ2n) is 11.6. The van der Waals surface area contributed by atoms with Crippen molar-refractivity contribution in [3.8, 4) is 0 Å². The van der Waals surface area contributed by atoms with Gasteiger partial charge in [-0.1, -0.05) is 12.1 Å². The SMILES string of the molecule is C/N=C\c1ccc2c3c(n(C)c2c1)C1(CCOCC1)c1cc(N2CCC(N4CCOCC4)CC2)ccc1C3=O. The molecule has 0 atom stereocenters. The van der Waals surface area contributed by atoms with Gasteiger partial charge >= 0.3 is 0 Å². The third-order valence-corrected chi connectivity index (χ3v) is 9.68. The van der Waals surface area contributed by atoms with Gasteiger partial charge in [0.1, 0.15) is 0 Å². The molecule has 7 rings (SSSR count). The van der Waals surface area contributed by atoms with Crippen molar-refractivity contribution in [1.29, 1.82) is 0 Å². The van der Waals surface area contributed by atoms with Crippen molar-refractivity contribution >= 4 is 28.6 Å². The number of carbonyl (C=O) groups excluding carboxylic acids is 1.